The highest BCUT2D eigenvalue weighted by Crippen LogP contribution is 2.31. The molecule has 0 saturated heterocycles. The second-order valence-electron chi connectivity index (χ2n) is 11.5. The third-order valence-corrected chi connectivity index (χ3v) is 8.11. The Labute approximate surface area is 269 Å². The highest BCUT2D eigenvalue weighted by Gasteiger charge is 2.23. The molecule has 1 aliphatic carbocycles. The van der Waals surface area contributed by atoms with Gasteiger partial charge < -0.3 is 20.9 Å². The molecule has 4 aromatic rings. The van der Waals surface area contributed by atoms with Crippen molar-refractivity contribution in [1.82, 2.24) is 25.0 Å². The van der Waals surface area contributed by atoms with E-state index in [1.807, 2.05) is 77.1 Å². The topological polar surface area (TPSA) is 121 Å². The smallest absolute Gasteiger partial charge is 0.323 e. The molecule has 0 radical (unpaired) electrons. The quantitative estimate of drug-likeness (QED) is 0.177. The van der Waals surface area contributed by atoms with E-state index in [-0.39, 0.29) is 11.6 Å². The Morgan fingerprint density at radius 3 is 2.24 bits per heavy atom. The van der Waals surface area contributed by atoms with Crippen LogP contribution in [0.4, 0.5) is 16.2 Å². The van der Waals surface area contributed by atoms with Gasteiger partial charge in [0.25, 0.3) is 11.5 Å². The maximum Gasteiger partial charge on any atom is 0.323 e. The Morgan fingerprint density at radius 1 is 0.913 bits per heavy atom. The first-order chi connectivity index (χ1) is 22.1. The molecule has 238 valence electrons. The van der Waals surface area contributed by atoms with Crippen LogP contribution in [-0.2, 0) is 6.54 Å². The predicted molar refractivity (Wildman–Crippen MR) is 184 cm³/mol. The number of amides is 3. The molecule has 1 fully saturated rings. The third-order valence-electron chi connectivity index (χ3n) is 8.11. The molecule has 0 aliphatic heterocycles. The molecule has 10 heteroatoms. The maximum atomic E-state index is 13.5. The van der Waals surface area contributed by atoms with Crippen molar-refractivity contribution in [3.05, 3.63) is 100 Å². The molecule has 0 spiro atoms. The number of hydrogen-bond acceptors (Lipinski definition) is 6. The molecule has 1 aliphatic rings. The molecule has 0 bridgehead atoms. The molecule has 5 rings (SSSR count). The summed E-state index contributed by atoms with van der Waals surface area (Å²) in [6, 6.07) is 15.1. The van der Waals surface area contributed by atoms with Gasteiger partial charge in [-0.15, -0.1) is 0 Å². The van der Waals surface area contributed by atoms with E-state index < -0.39 is 11.6 Å². The summed E-state index contributed by atoms with van der Waals surface area (Å²) >= 11 is 0. The summed E-state index contributed by atoms with van der Waals surface area (Å²) in [6.45, 7) is 15.3. The lowest BCUT2D eigenvalue weighted by molar-refractivity contribution is 0.0773. The van der Waals surface area contributed by atoms with Crippen LogP contribution in [0.5, 0.6) is 0 Å². The fraction of sp³-hybridized carbons (Fsp3) is 0.306. The minimum atomic E-state index is -0.537. The van der Waals surface area contributed by atoms with Crippen LogP contribution in [0.2, 0.25) is 0 Å². The number of hydrogen-bond donors (Lipinski definition) is 3. The zero-order valence-corrected chi connectivity index (χ0v) is 27.1. The SMILES string of the molecule is C=C(NC1CC1)c1cc(C(=O)N(CC)CC)cc(-c2cccc(-c3cc(NC(=O)Nc4c(C)cncc4C)c(=O)n(CC)n3)c2)c1. The van der Waals surface area contributed by atoms with Crippen molar-refractivity contribution < 1.29 is 9.59 Å². The Hall–Kier alpha value is -5.25. The highest BCUT2D eigenvalue weighted by molar-refractivity contribution is 6.01. The van der Waals surface area contributed by atoms with Gasteiger partial charge in [-0.1, -0.05) is 24.8 Å². The lowest BCUT2D eigenvalue weighted by atomic mass is 9.96. The van der Waals surface area contributed by atoms with Crippen molar-refractivity contribution in [2.24, 2.45) is 0 Å². The van der Waals surface area contributed by atoms with E-state index in [2.05, 4.69) is 32.6 Å². The Kier molecular flexibility index (Phi) is 9.65. The van der Waals surface area contributed by atoms with Crippen LogP contribution in [0.15, 0.2) is 72.3 Å². The molecular weight excluding hydrogens is 578 g/mol. The number of benzene rings is 2. The molecule has 1 saturated carbocycles. The van der Waals surface area contributed by atoms with Crippen LogP contribution >= 0.6 is 0 Å². The molecule has 2 aromatic heterocycles. The van der Waals surface area contributed by atoms with Gasteiger partial charge in [-0.2, -0.15) is 5.10 Å². The first-order valence-corrected chi connectivity index (χ1v) is 15.7. The van der Waals surface area contributed by atoms with E-state index in [4.69, 9.17) is 0 Å². The standard InChI is InChI=1S/C36H41N7O3/c1-7-42(8-2)34(44)29-17-27(24(6)38-30-13-14-30)16-28(18-29)25-11-10-12-26(15-25)31-19-32(35(45)43(9-3)41-31)39-36(46)40-33-22(4)20-37-21-23(33)5/h10-12,15-21,30,38H,6-9,13-14H2,1-5H3,(H2,37,39,40,46). The number of carbonyl (C=O) groups is 2. The van der Waals surface area contributed by atoms with E-state index in [0.29, 0.717) is 42.6 Å². The Morgan fingerprint density at radius 2 is 1.59 bits per heavy atom. The Balaban J connectivity index is 1.51. The summed E-state index contributed by atoms with van der Waals surface area (Å²) in [4.78, 5) is 45.6. The van der Waals surface area contributed by atoms with Crippen molar-refractivity contribution in [2.45, 2.75) is 60.0 Å². The molecule has 0 atom stereocenters. The zero-order chi connectivity index (χ0) is 33.0. The van der Waals surface area contributed by atoms with Crippen LogP contribution in [-0.4, -0.2) is 50.7 Å². The number of nitrogens with zero attached hydrogens (tertiary/aromatic N) is 4. The highest BCUT2D eigenvalue weighted by atomic mass is 16.2. The number of carbonyl (C=O) groups excluding carboxylic acids is 2. The van der Waals surface area contributed by atoms with Crippen molar-refractivity contribution >= 4 is 29.0 Å². The minimum Gasteiger partial charge on any atom is -0.382 e. The van der Waals surface area contributed by atoms with E-state index in [0.717, 1.165) is 51.9 Å². The summed E-state index contributed by atoms with van der Waals surface area (Å²) in [6.07, 6.45) is 5.56. The number of nitrogens with one attached hydrogen (secondary N) is 3. The van der Waals surface area contributed by atoms with Crippen molar-refractivity contribution in [3.8, 4) is 22.4 Å². The number of rotatable bonds is 11. The number of aromatic nitrogens is 3. The molecule has 2 heterocycles. The van der Waals surface area contributed by atoms with Crippen LogP contribution < -0.4 is 21.5 Å². The third kappa shape index (κ3) is 7.17. The lowest BCUT2D eigenvalue weighted by Gasteiger charge is -2.20. The van der Waals surface area contributed by atoms with Gasteiger partial charge in [-0.25, -0.2) is 9.48 Å². The number of aryl methyl sites for hydroxylation is 3. The fourth-order valence-electron chi connectivity index (χ4n) is 5.35. The molecule has 0 unspecified atom stereocenters. The van der Waals surface area contributed by atoms with Crippen LogP contribution in [0.25, 0.3) is 28.1 Å². The summed E-state index contributed by atoms with van der Waals surface area (Å²) in [5, 5.41) is 13.6. The molecule has 2 aromatic carbocycles. The second-order valence-corrected chi connectivity index (χ2v) is 11.5. The van der Waals surface area contributed by atoms with Gasteiger partial charge in [-0.05, 0) is 106 Å². The molecular formula is C36H41N7O3. The first kappa shape index (κ1) is 32.2. The van der Waals surface area contributed by atoms with E-state index in [9.17, 15) is 14.4 Å². The monoisotopic (exact) mass is 619 g/mol. The van der Waals surface area contributed by atoms with Gasteiger partial charge in [-0.3, -0.25) is 14.6 Å². The Bertz CT molecular complexity index is 1830. The zero-order valence-electron chi connectivity index (χ0n) is 27.1. The van der Waals surface area contributed by atoms with Crippen LogP contribution in [0.3, 0.4) is 0 Å². The van der Waals surface area contributed by atoms with Gasteiger partial charge in [0.05, 0.1) is 11.4 Å². The maximum absolute atomic E-state index is 13.5. The summed E-state index contributed by atoms with van der Waals surface area (Å²) < 4.78 is 1.33. The summed E-state index contributed by atoms with van der Waals surface area (Å²) in [7, 11) is 0. The second kappa shape index (κ2) is 13.8. The average molecular weight is 620 g/mol. The van der Waals surface area contributed by atoms with Crippen molar-refractivity contribution in [3.63, 3.8) is 0 Å². The van der Waals surface area contributed by atoms with Crippen LogP contribution in [0.1, 0.15) is 60.7 Å². The van der Waals surface area contributed by atoms with Gasteiger partial charge in [0, 0.05) is 54.9 Å². The molecule has 3 amide bonds. The van der Waals surface area contributed by atoms with E-state index in [1.54, 1.807) is 23.4 Å². The molecule has 46 heavy (non-hydrogen) atoms. The summed E-state index contributed by atoms with van der Waals surface area (Å²) in [5.74, 6) is -0.0358. The minimum absolute atomic E-state index is 0.0358. The van der Waals surface area contributed by atoms with Crippen molar-refractivity contribution in [1.29, 1.82) is 0 Å². The number of urea groups is 1. The van der Waals surface area contributed by atoms with Gasteiger partial charge in [0.2, 0.25) is 0 Å². The van der Waals surface area contributed by atoms with Gasteiger partial charge >= 0.3 is 6.03 Å². The number of pyridine rings is 1. The van der Waals surface area contributed by atoms with Crippen molar-refractivity contribution in [2.75, 3.05) is 23.7 Å². The normalized spacial score (nSPS) is 12.4. The number of anilines is 2. The largest absolute Gasteiger partial charge is 0.382 e. The first-order valence-electron chi connectivity index (χ1n) is 15.7. The average Bonchev–Trinajstić information content (AvgIpc) is 3.88. The predicted octanol–water partition coefficient (Wildman–Crippen LogP) is 6.46. The molecule has 3 N–H and O–H groups in total. The van der Waals surface area contributed by atoms with Gasteiger partial charge in [0.15, 0.2) is 0 Å². The van der Waals surface area contributed by atoms with E-state index >= 15 is 0 Å². The van der Waals surface area contributed by atoms with Crippen LogP contribution in [0, 0.1) is 13.8 Å². The van der Waals surface area contributed by atoms with Gasteiger partial charge in [0.1, 0.15) is 5.69 Å². The lowest BCUT2D eigenvalue weighted by Crippen LogP contribution is -2.30. The summed E-state index contributed by atoms with van der Waals surface area (Å²) in [5.41, 5.74) is 7.21. The molecule has 10 nitrogen and oxygen atoms in total. The van der Waals surface area contributed by atoms with E-state index in [1.165, 1.54) is 4.68 Å². The fourth-order valence-corrected chi connectivity index (χ4v) is 5.35.